The molecule has 1 unspecified atom stereocenters. The molecule has 19 heavy (non-hydrogen) atoms. The topological polar surface area (TPSA) is 66.8 Å². The third-order valence-corrected chi connectivity index (χ3v) is 2.93. The Kier molecular flexibility index (Phi) is 5.36. The number of carboxylic acid groups (broad SMARTS) is 1. The lowest BCUT2D eigenvalue weighted by molar-refractivity contribution is -0.145. The molecule has 5 nitrogen and oxygen atoms in total. The molecule has 0 saturated carbocycles. The van der Waals surface area contributed by atoms with Gasteiger partial charge in [-0.2, -0.15) is 0 Å². The third kappa shape index (κ3) is 4.28. The number of amides is 1. The summed E-state index contributed by atoms with van der Waals surface area (Å²) in [5.74, 6) is -1.11. The van der Waals surface area contributed by atoms with E-state index >= 15 is 0 Å². The lowest BCUT2D eigenvalue weighted by Gasteiger charge is -2.19. The van der Waals surface area contributed by atoms with Gasteiger partial charge in [0.1, 0.15) is 5.75 Å². The van der Waals surface area contributed by atoms with Crippen LogP contribution < -0.4 is 4.74 Å². The van der Waals surface area contributed by atoms with E-state index in [0.29, 0.717) is 12.3 Å². The Hall–Kier alpha value is -2.04. The molecule has 1 amide bonds. The van der Waals surface area contributed by atoms with Gasteiger partial charge in [0.05, 0.1) is 13.0 Å². The molecule has 0 aliphatic heterocycles. The fraction of sp³-hybridized carbons (Fsp3) is 0.429. The summed E-state index contributed by atoms with van der Waals surface area (Å²) in [6.45, 7) is 1.92. The predicted molar refractivity (Wildman–Crippen MR) is 70.9 cm³/mol. The van der Waals surface area contributed by atoms with Crippen molar-refractivity contribution in [1.82, 2.24) is 4.90 Å². The second-order valence-corrected chi connectivity index (χ2v) is 4.51. The van der Waals surface area contributed by atoms with Crippen molar-refractivity contribution in [3.05, 3.63) is 29.8 Å². The minimum atomic E-state index is -0.959. The second-order valence-electron chi connectivity index (χ2n) is 4.51. The molecule has 0 heterocycles. The average molecular weight is 265 g/mol. The number of nitrogens with zero attached hydrogens (tertiary/aromatic N) is 1. The van der Waals surface area contributed by atoms with Crippen LogP contribution in [0.2, 0.25) is 0 Å². The first-order valence-corrected chi connectivity index (χ1v) is 6.04. The zero-order chi connectivity index (χ0) is 14.4. The maximum Gasteiger partial charge on any atom is 0.306 e. The van der Waals surface area contributed by atoms with Crippen LogP contribution in [-0.4, -0.2) is 36.0 Å². The summed E-state index contributed by atoms with van der Waals surface area (Å²) in [4.78, 5) is 24.1. The highest BCUT2D eigenvalue weighted by Crippen LogP contribution is 2.19. The van der Waals surface area contributed by atoms with Crippen LogP contribution in [0.4, 0.5) is 0 Å². The van der Waals surface area contributed by atoms with Crippen LogP contribution in [0.25, 0.3) is 0 Å². The quantitative estimate of drug-likeness (QED) is 0.851. The number of hydrogen-bond donors (Lipinski definition) is 1. The number of carbonyl (C=O) groups excluding carboxylic acids is 1. The van der Waals surface area contributed by atoms with Crippen LogP contribution >= 0.6 is 0 Å². The Balaban J connectivity index is 2.66. The molecule has 0 fully saturated rings. The van der Waals surface area contributed by atoms with Crippen LogP contribution in [0.1, 0.15) is 18.9 Å². The van der Waals surface area contributed by atoms with Gasteiger partial charge in [-0.15, -0.1) is 0 Å². The van der Waals surface area contributed by atoms with Gasteiger partial charge in [0.25, 0.3) is 0 Å². The summed E-state index contributed by atoms with van der Waals surface area (Å²) in [6.07, 6.45) is 0.000975. The van der Waals surface area contributed by atoms with Gasteiger partial charge < -0.3 is 14.7 Å². The molecule has 1 rings (SSSR count). The number of carboxylic acids is 1. The summed E-state index contributed by atoms with van der Waals surface area (Å²) < 4.78 is 5.21. The summed E-state index contributed by atoms with van der Waals surface area (Å²) in [7, 11) is 3.23. The van der Waals surface area contributed by atoms with Gasteiger partial charge in [-0.25, -0.2) is 0 Å². The molecule has 0 aromatic heterocycles. The SMILES string of the molecule is COc1ccccc1CN(C)C(=O)CC(C)C(=O)O. The van der Waals surface area contributed by atoms with Crippen molar-refractivity contribution in [1.29, 1.82) is 0 Å². The Morgan fingerprint density at radius 3 is 2.58 bits per heavy atom. The van der Waals surface area contributed by atoms with Gasteiger partial charge in [-0.05, 0) is 6.07 Å². The molecule has 0 spiro atoms. The van der Waals surface area contributed by atoms with Crippen molar-refractivity contribution >= 4 is 11.9 Å². The predicted octanol–water partition coefficient (Wildman–Crippen LogP) is 1.76. The summed E-state index contributed by atoms with van der Waals surface area (Å²) in [5.41, 5.74) is 0.892. The van der Waals surface area contributed by atoms with E-state index in [9.17, 15) is 9.59 Å². The Labute approximate surface area is 112 Å². The van der Waals surface area contributed by atoms with Gasteiger partial charge in [0, 0.05) is 25.6 Å². The maximum atomic E-state index is 11.9. The fourth-order valence-corrected chi connectivity index (χ4v) is 1.68. The van der Waals surface area contributed by atoms with Gasteiger partial charge >= 0.3 is 5.97 Å². The summed E-state index contributed by atoms with van der Waals surface area (Å²) in [5, 5.41) is 8.79. The highest BCUT2D eigenvalue weighted by atomic mass is 16.5. The van der Waals surface area contributed by atoms with Crippen molar-refractivity contribution in [3.63, 3.8) is 0 Å². The van der Waals surface area contributed by atoms with E-state index in [0.717, 1.165) is 5.56 Å². The van der Waals surface area contributed by atoms with Gasteiger partial charge in [-0.1, -0.05) is 25.1 Å². The molecule has 104 valence electrons. The monoisotopic (exact) mass is 265 g/mol. The first-order chi connectivity index (χ1) is 8.95. The Morgan fingerprint density at radius 2 is 2.00 bits per heavy atom. The number of hydrogen-bond acceptors (Lipinski definition) is 3. The number of para-hydroxylation sites is 1. The van der Waals surface area contributed by atoms with E-state index in [2.05, 4.69) is 0 Å². The average Bonchev–Trinajstić information content (AvgIpc) is 2.38. The fourth-order valence-electron chi connectivity index (χ4n) is 1.68. The van der Waals surface area contributed by atoms with E-state index in [1.807, 2.05) is 24.3 Å². The van der Waals surface area contributed by atoms with Crippen LogP contribution in [0, 0.1) is 5.92 Å². The highest BCUT2D eigenvalue weighted by molar-refractivity contribution is 5.81. The molecule has 0 saturated heterocycles. The highest BCUT2D eigenvalue weighted by Gasteiger charge is 2.19. The van der Waals surface area contributed by atoms with Gasteiger partial charge in [0.15, 0.2) is 0 Å². The van der Waals surface area contributed by atoms with Crippen LogP contribution in [0.15, 0.2) is 24.3 Å². The maximum absolute atomic E-state index is 11.9. The third-order valence-electron chi connectivity index (χ3n) is 2.93. The second kappa shape index (κ2) is 6.78. The van der Waals surface area contributed by atoms with Crippen molar-refractivity contribution in [2.24, 2.45) is 5.92 Å². The summed E-state index contributed by atoms with van der Waals surface area (Å²) in [6, 6.07) is 7.43. The number of carbonyl (C=O) groups is 2. The minimum Gasteiger partial charge on any atom is -0.496 e. The van der Waals surface area contributed by atoms with Crippen LogP contribution in [-0.2, 0) is 16.1 Å². The summed E-state index contributed by atoms with van der Waals surface area (Å²) >= 11 is 0. The normalized spacial score (nSPS) is 11.7. The molecule has 1 aromatic carbocycles. The lowest BCUT2D eigenvalue weighted by atomic mass is 10.1. The number of ether oxygens (including phenoxy) is 1. The zero-order valence-electron chi connectivity index (χ0n) is 11.4. The van der Waals surface area contributed by atoms with E-state index in [1.54, 1.807) is 14.2 Å². The number of methoxy groups -OCH3 is 1. The van der Waals surface area contributed by atoms with E-state index in [4.69, 9.17) is 9.84 Å². The van der Waals surface area contributed by atoms with Crippen molar-refractivity contribution in [2.75, 3.05) is 14.2 Å². The van der Waals surface area contributed by atoms with E-state index in [-0.39, 0.29) is 12.3 Å². The molecule has 0 aliphatic carbocycles. The van der Waals surface area contributed by atoms with Crippen molar-refractivity contribution < 1.29 is 19.4 Å². The van der Waals surface area contributed by atoms with Crippen LogP contribution in [0.5, 0.6) is 5.75 Å². The first kappa shape index (κ1) is 15.0. The number of aliphatic carboxylic acids is 1. The molecule has 1 atom stereocenters. The van der Waals surface area contributed by atoms with Gasteiger partial charge in [0.2, 0.25) is 5.91 Å². The molecular weight excluding hydrogens is 246 g/mol. The molecule has 0 aliphatic rings. The molecule has 1 aromatic rings. The minimum absolute atomic E-state index is 0.000975. The van der Waals surface area contributed by atoms with E-state index in [1.165, 1.54) is 11.8 Å². The van der Waals surface area contributed by atoms with Gasteiger partial charge in [-0.3, -0.25) is 9.59 Å². The number of rotatable bonds is 6. The van der Waals surface area contributed by atoms with E-state index < -0.39 is 11.9 Å². The smallest absolute Gasteiger partial charge is 0.306 e. The number of benzene rings is 1. The molecule has 5 heteroatoms. The standard InChI is InChI=1S/C14H19NO4/c1-10(14(17)18)8-13(16)15(2)9-11-6-4-5-7-12(11)19-3/h4-7,10H,8-9H2,1-3H3,(H,17,18). The zero-order valence-corrected chi connectivity index (χ0v) is 11.4. The van der Waals surface area contributed by atoms with Crippen molar-refractivity contribution in [3.8, 4) is 5.75 Å². The van der Waals surface area contributed by atoms with Crippen LogP contribution in [0.3, 0.4) is 0 Å². The molecule has 1 N–H and O–H groups in total. The molecule has 0 bridgehead atoms. The lowest BCUT2D eigenvalue weighted by Crippen LogP contribution is -2.29. The Morgan fingerprint density at radius 1 is 1.37 bits per heavy atom. The largest absolute Gasteiger partial charge is 0.496 e. The van der Waals surface area contributed by atoms with Crippen molar-refractivity contribution in [2.45, 2.75) is 19.9 Å². The Bertz CT molecular complexity index is 459. The molecule has 0 radical (unpaired) electrons. The molecular formula is C14H19NO4. The first-order valence-electron chi connectivity index (χ1n) is 6.04.